The molecule has 2 unspecified atom stereocenters. The molecule has 19 heteroatoms. The van der Waals surface area contributed by atoms with Crippen LogP contribution in [0, 0.1) is 0 Å². The Morgan fingerprint density at radius 1 is 0.273 bits per heavy atom. The van der Waals surface area contributed by atoms with Gasteiger partial charge in [0.1, 0.15) is 19.3 Å². The molecule has 17 nitrogen and oxygen atoms in total. The first kappa shape index (κ1) is 86.1. The van der Waals surface area contributed by atoms with Crippen LogP contribution >= 0.6 is 15.6 Å². The van der Waals surface area contributed by atoms with Crippen molar-refractivity contribution in [2.24, 2.45) is 0 Å². The summed E-state index contributed by atoms with van der Waals surface area (Å²) in [5.74, 6) is -2.13. The van der Waals surface area contributed by atoms with Crippen molar-refractivity contribution >= 4 is 39.5 Å². The largest absolute Gasteiger partial charge is 0.472 e. The van der Waals surface area contributed by atoms with Crippen molar-refractivity contribution in [1.82, 2.24) is 0 Å². The SMILES string of the molecule is CCCCCCCCCCCCCCCCCCCCC(=O)O[C@H](COC(=O)CCCCCCCCCCCCCC)COP(=O)(O)OC[C@@H](O)COP(=O)(O)OC[C@@H](COC(=O)CCCCCCCCC)OC(=O)CCCCCCCCCCCCC. The van der Waals surface area contributed by atoms with E-state index in [1.807, 2.05) is 0 Å². The molecule has 0 amide bonds. The van der Waals surface area contributed by atoms with Gasteiger partial charge in [0.25, 0.3) is 0 Å². The second-order valence-electron chi connectivity index (χ2n) is 24.9. The van der Waals surface area contributed by atoms with Gasteiger partial charge in [-0.1, -0.05) is 310 Å². The molecule has 0 rings (SSSR count). The highest BCUT2D eigenvalue weighted by atomic mass is 31.2. The van der Waals surface area contributed by atoms with E-state index in [0.29, 0.717) is 25.7 Å². The predicted octanol–water partition coefficient (Wildman–Crippen LogP) is 19.9. The number of hydrogen-bond acceptors (Lipinski definition) is 15. The van der Waals surface area contributed by atoms with Crippen molar-refractivity contribution < 1.29 is 80.2 Å². The summed E-state index contributed by atoms with van der Waals surface area (Å²) in [6, 6.07) is 0. The first-order valence-electron chi connectivity index (χ1n) is 36.3. The van der Waals surface area contributed by atoms with E-state index >= 15 is 0 Å². The van der Waals surface area contributed by atoms with Crippen LogP contribution in [0.5, 0.6) is 0 Å². The highest BCUT2D eigenvalue weighted by Crippen LogP contribution is 2.45. The van der Waals surface area contributed by atoms with Crippen LogP contribution in [0.15, 0.2) is 0 Å². The van der Waals surface area contributed by atoms with Crippen molar-refractivity contribution in [2.75, 3.05) is 39.6 Å². The Balaban J connectivity index is 5.18. The lowest BCUT2D eigenvalue weighted by Gasteiger charge is -2.21. The molecule has 0 radical (unpaired) electrons. The zero-order valence-electron chi connectivity index (χ0n) is 56.7. The summed E-state index contributed by atoms with van der Waals surface area (Å²) in [5, 5.41) is 10.6. The molecule has 0 heterocycles. The first-order chi connectivity index (χ1) is 42.7. The molecule has 3 N–H and O–H groups in total. The Hall–Kier alpha value is -1.94. The maximum atomic E-state index is 13.0. The van der Waals surface area contributed by atoms with Gasteiger partial charge in [0.2, 0.25) is 0 Å². The molecule has 5 atom stereocenters. The molecule has 0 aliphatic carbocycles. The molecule has 0 aliphatic heterocycles. The first-order valence-corrected chi connectivity index (χ1v) is 39.3. The van der Waals surface area contributed by atoms with Gasteiger partial charge in [-0.15, -0.1) is 0 Å². The van der Waals surface area contributed by atoms with Gasteiger partial charge in [-0.05, 0) is 25.7 Å². The van der Waals surface area contributed by atoms with Crippen molar-refractivity contribution in [3.63, 3.8) is 0 Å². The van der Waals surface area contributed by atoms with Gasteiger partial charge in [-0.25, -0.2) is 9.13 Å². The Bertz CT molecular complexity index is 1690. The molecule has 0 bridgehead atoms. The number of carbonyl (C=O) groups excluding carboxylic acids is 4. The van der Waals surface area contributed by atoms with Gasteiger partial charge < -0.3 is 33.8 Å². The molecule has 0 saturated heterocycles. The van der Waals surface area contributed by atoms with Gasteiger partial charge in [-0.3, -0.25) is 37.3 Å². The van der Waals surface area contributed by atoms with E-state index in [-0.39, 0.29) is 25.7 Å². The average Bonchev–Trinajstić information content (AvgIpc) is 3.52. The van der Waals surface area contributed by atoms with Crippen molar-refractivity contribution in [2.45, 2.75) is 380 Å². The number of esters is 4. The number of unbranched alkanes of at least 4 members (excludes halogenated alkanes) is 44. The van der Waals surface area contributed by atoms with E-state index in [2.05, 4.69) is 27.7 Å². The normalized spacial score (nSPS) is 14.0. The third-order valence-corrected chi connectivity index (χ3v) is 18.0. The fourth-order valence-corrected chi connectivity index (χ4v) is 12.1. The summed E-state index contributed by atoms with van der Waals surface area (Å²) >= 11 is 0. The average molecular weight is 1300 g/mol. The van der Waals surface area contributed by atoms with E-state index in [1.54, 1.807) is 0 Å². The molecule has 522 valence electrons. The second-order valence-corrected chi connectivity index (χ2v) is 27.8. The zero-order valence-corrected chi connectivity index (χ0v) is 58.5. The fourth-order valence-electron chi connectivity index (χ4n) is 10.5. The summed E-state index contributed by atoms with van der Waals surface area (Å²) < 4.78 is 68.1. The van der Waals surface area contributed by atoms with Gasteiger partial charge in [0.05, 0.1) is 26.4 Å². The summed E-state index contributed by atoms with van der Waals surface area (Å²) in [7, 11) is -9.89. The van der Waals surface area contributed by atoms with E-state index < -0.39 is 97.5 Å². The number of hydrogen-bond donors (Lipinski definition) is 3. The standard InChI is InChI=1S/C69H134O17P2/c1-5-9-13-17-21-24-27-29-30-31-32-33-34-37-40-44-48-52-56-69(74)86-65(60-80-67(72)54-50-46-42-38-36-28-25-22-18-14-10-6-2)62-84-88(77,78)82-58-63(70)57-81-87(75,76)83-61-64(59-79-66(71)53-49-45-41-20-16-12-8-4)85-68(73)55-51-47-43-39-35-26-23-19-15-11-7-3/h63-65,70H,5-62H2,1-4H3,(H,75,76)(H,77,78)/t63-,64+,65+/m0/s1. The van der Waals surface area contributed by atoms with E-state index in [4.69, 9.17) is 37.0 Å². The molecular formula is C69H134O17P2. The van der Waals surface area contributed by atoms with Crippen LogP contribution in [0.1, 0.15) is 362 Å². The molecule has 0 saturated carbocycles. The van der Waals surface area contributed by atoms with Crippen LogP contribution in [0.25, 0.3) is 0 Å². The topological polar surface area (TPSA) is 237 Å². The number of ether oxygens (including phenoxy) is 4. The molecule has 0 aromatic carbocycles. The minimum absolute atomic E-state index is 0.107. The highest BCUT2D eigenvalue weighted by Gasteiger charge is 2.30. The maximum Gasteiger partial charge on any atom is 0.472 e. The summed E-state index contributed by atoms with van der Waals surface area (Å²) in [6.07, 6.45) is 51.4. The molecule has 0 fully saturated rings. The number of rotatable bonds is 70. The van der Waals surface area contributed by atoms with Crippen LogP contribution in [-0.4, -0.2) is 96.7 Å². The fraction of sp³-hybridized carbons (Fsp3) is 0.942. The molecular weight excluding hydrogens is 1160 g/mol. The third kappa shape index (κ3) is 62.8. The third-order valence-electron chi connectivity index (χ3n) is 16.1. The van der Waals surface area contributed by atoms with Crippen LogP contribution in [0.4, 0.5) is 0 Å². The smallest absolute Gasteiger partial charge is 0.462 e. The predicted molar refractivity (Wildman–Crippen MR) is 354 cm³/mol. The van der Waals surface area contributed by atoms with Crippen molar-refractivity contribution in [1.29, 1.82) is 0 Å². The minimum atomic E-state index is -4.95. The Morgan fingerprint density at radius 2 is 0.455 bits per heavy atom. The quantitative estimate of drug-likeness (QED) is 0.0222. The van der Waals surface area contributed by atoms with Crippen molar-refractivity contribution in [3.8, 4) is 0 Å². The monoisotopic (exact) mass is 1300 g/mol. The summed E-state index contributed by atoms with van der Waals surface area (Å²) in [6.45, 7) is 4.90. The van der Waals surface area contributed by atoms with Crippen LogP contribution in [0.2, 0.25) is 0 Å². The second kappa shape index (κ2) is 63.8. The van der Waals surface area contributed by atoms with Crippen molar-refractivity contribution in [3.05, 3.63) is 0 Å². The minimum Gasteiger partial charge on any atom is -0.462 e. The van der Waals surface area contributed by atoms with Gasteiger partial charge in [0.15, 0.2) is 12.2 Å². The van der Waals surface area contributed by atoms with Crippen LogP contribution in [0.3, 0.4) is 0 Å². The van der Waals surface area contributed by atoms with Crippen LogP contribution < -0.4 is 0 Å². The number of phosphoric acid groups is 2. The Labute approximate surface area is 537 Å². The lowest BCUT2D eigenvalue weighted by atomic mass is 10.0. The van der Waals surface area contributed by atoms with E-state index in [1.165, 1.54) is 180 Å². The van der Waals surface area contributed by atoms with Gasteiger partial charge in [-0.2, -0.15) is 0 Å². The summed E-state index contributed by atoms with van der Waals surface area (Å²) in [5.41, 5.74) is 0. The summed E-state index contributed by atoms with van der Waals surface area (Å²) in [4.78, 5) is 72.3. The van der Waals surface area contributed by atoms with E-state index in [0.717, 1.165) is 103 Å². The molecule has 0 aromatic heterocycles. The zero-order chi connectivity index (χ0) is 64.7. The number of aliphatic hydroxyl groups excluding tert-OH is 1. The van der Waals surface area contributed by atoms with Gasteiger partial charge >= 0.3 is 39.5 Å². The van der Waals surface area contributed by atoms with Gasteiger partial charge in [0, 0.05) is 25.7 Å². The molecule has 88 heavy (non-hydrogen) atoms. The van der Waals surface area contributed by atoms with E-state index in [9.17, 15) is 43.2 Å². The number of aliphatic hydroxyl groups is 1. The Morgan fingerprint density at radius 3 is 0.670 bits per heavy atom. The Kier molecular flexibility index (Phi) is 62.4. The van der Waals surface area contributed by atoms with Crippen LogP contribution in [-0.2, 0) is 65.4 Å². The molecule has 0 aromatic rings. The highest BCUT2D eigenvalue weighted by molar-refractivity contribution is 7.47. The lowest BCUT2D eigenvalue weighted by Crippen LogP contribution is -2.30. The number of phosphoric ester groups is 2. The lowest BCUT2D eigenvalue weighted by molar-refractivity contribution is -0.161. The molecule has 0 aliphatic rings. The number of carbonyl (C=O) groups is 4. The maximum absolute atomic E-state index is 13.0. The molecule has 0 spiro atoms.